The standard InChI is InChI=1S/C17H18FNO2/c1-10-3-5-15-12(7-10)14(19)9-17(21-15)11-4-6-16(20-2)13(18)8-11/h3-8,14,17H,9,19H2,1-2H3/t14-,17?/m0/s1. The Hall–Kier alpha value is -2.07. The summed E-state index contributed by atoms with van der Waals surface area (Å²) in [6.45, 7) is 2.03. The molecular formula is C17H18FNO2. The molecule has 1 aliphatic heterocycles. The Bertz CT molecular complexity index is 672. The van der Waals surface area contributed by atoms with Gasteiger partial charge in [0, 0.05) is 18.0 Å². The lowest BCUT2D eigenvalue weighted by molar-refractivity contribution is 0.161. The van der Waals surface area contributed by atoms with Gasteiger partial charge in [-0.05, 0) is 30.7 Å². The molecule has 1 heterocycles. The molecule has 3 rings (SSSR count). The topological polar surface area (TPSA) is 44.5 Å². The van der Waals surface area contributed by atoms with Crippen molar-refractivity contribution in [3.8, 4) is 11.5 Å². The molecule has 2 aromatic carbocycles. The molecule has 0 fully saturated rings. The number of halogens is 1. The molecule has 0 radical (unpaired) electrons. The van der Waals surface area contributed by atoms with Crippen molar-refractivity contribution in [3.63, 3.8) is 0 Å². The van der Waals surface area contributed by atoms with E-state index in [1.165, 1.54) is 13.2 Å². The van der Waals surface area contributed by atoms with Gasteiger partial charge in [-0.3, -0.25) is 0 Å². The highest BCUT2D eigenvalue weighted by atomic mass is 19.1. The van der Waals surface area contributed by atoms with Crippen LogP contribution in [-0.2, 0) is 0 Å². The first-order valence-corrected chi connectivity index (χ1v) is 6.94. The van der Waals surface area contributed by atoms with Crippen molar-refractivity contribution in [2.45, 2.75) is 25.5 Å². The molecule has 0 saturated carbocycles. The molecule has 0 saturated heterocycles. The summed E-state index contributed by atoms with van der Waals surface area (Å²) in [5, 5.41) is 0. The smallest absolute Gasteiger partial charge is 0.165 e. The van der Waals surface area contributed by atoms with Gasteiger partial charge in [0.2, 0.25) is 0 Å². The van der Waals surface area contributed by atoms with Gasteiger partial charge in [-0.1, -0.05) is 23.8 Å². The highest BCUT2D eigenvalue weighted by Gasteiger charge is 2.27. The predicted octanol–water partition coefficient (Wildman–Crippen LogP) is 3.67. The van der Waals surface area contributed by atoms with Gasteiger partial charge in [-0.25, -0.2) is 4.39 Å². The quantitative estimate of drug-likeness (QED) is 0.916. The van der Waals surface area contributed by atoms with E-state index in [0.717, 1.165) is 22.4 Å². The molecule has 21 heavy (non-hydrogen) atoms. The van der Waals surface area contributed by atoms with Crippen LogP contribution < -0.4 is 15.2 Å². The van der Waals surface area contributed by atoms with Crippen molar-refractivity contribution >= 4 is 0 Å². The van der Waals surface area contributed by atoms with Crippen LogP contribution in [-0.4, -0.2) is 7.11 Å². The second-order valence-corrected chi connectivity index (χ2v) is 5.38. The fourth-order valence-electron chi connectivity index (χ4n) is 2.71. The maximum Gasteiger partial charge on any atom is 0.165 e. The zero-order chi connectivity index (χ0) is 15.0. The summed E-state index contributed by atoms with van der Waals surface area (Å²) in [6.07, 6.45) is 0.387. The third-order valence-corrected chi connectivity index (χ3v) is 3.85. The largest absolute Gasteiger partial charge is 0.494 e. The molecule has 2 aromatic rings. The van der Waals surface area contributed by atoms with Crippen LogP contribution in [0.4, 0.5) is 4.39 Å². The molecule has 2 atom stereocenters. The zero-order valence-corrected chi connectivity index (χ0v) is 12.1. The van der Waals surface area contributed by atoms with Crippen LogP contribution in [0.3, 0.4) is 0 Å². The fourth-order valence-corrected chi connectivity index (χ4v) is 2.71. The van der Waals surface area contributed by atoms with E-state index in [2.05, 4.69) is 0 Å². The number of nitrogens with two attached hydrogens (primary N) is 1. The lowest BCUT2D eigenvalue weighted by Crippen LogP contribution is -2.24. The van der Waals surface area contributed by atoms with Gasteiger partial charge in [-0.2, -0.15) is 0 Å². The van der Waals surface area contributed by atoms with E-state index in [1.807, 2.05) is 31.2 Å². The van der Waals surface area contributed by atoms with Crippen molar-refractivity contribution in [1.82, 2.24) is 0 Å². The monoisotopic (exact) mass is 287 g/mol. The number of hydrogen-bond acceptors (Lipinski definition) is 3. The number of aryl methyl sites for hydroxylation is 1. The van der Waals surface area contributed by atoms with Gasteiger partial charge in [0.05, 0.1) is 7.11 Å². The average Bonchev–Trinajstić information content (AvgIpc) is 2.47. The first kappa shape index (κ1) is 13.9. The summed E-state index contributed by atoms with van der Waals surface area (Å²) in [5.74, 6) is 0.623. The zero-order valence-electron chi connectivity index (χ0n) is 12.1. The second kappa shape index (κ2) is 5.37. The number of rotatable bonds is 2. The van der Waals surface area contributed by atoms with E-state index < -0.39 is 0 Å². The molecule has 1 aliphatic rings. The number of methoxy groups -OCH3 is 1. The number of benzene rings is 2. The molecule has 110 valence electrons. The van der Waals surface area contributed by atoms with Crippen LogP contribution in [0, 0.1) is 12.7 Å². The molecule has 0 aromatic heterocycles. The maximum atomic E-state index is 13.8. The summed E-state index contributed by atoms with van der Waals surface area (Å²) < 4.78 is 24.8. The molecular weight excluding hydrogens is 269 g/mol. The van der Waals surface area contributed by atoms with Crippen LogP contribution in [0.1, 0.15) is 35.3 Å². The predicted molar refractivity (Wildman–Crippen MR) is 79.0 cm³/mol. The van der Waals surface area contributed by atoms with Crippen LogP contribution in [0.5, 0.6) is 11.5 Å². The van der Waals surface area contributed by atoms with Crippen molar-refractivity contribution in [1.29, 1.82) is 0 Å². The van der Waals surface area contributed by atoms with Crippen molar-refractivity contribution < 1.29 is 13.9 Å². The normalized spacial score (nSPS) is 20.6. The highest BCUT2D eigenvalue weighted by molar-refractivity contribution is 5.42. The SMILES string of the molecule is COc1ccc(C2C[C@H](N)c3cc(C)ccc3O2)cc1F. The van der Waals surface area contributed by atoms with Crippen LogP contribution >= 0.6 is 0 Å². The number of ether oxygens (including phenoxy) is 2. The van der Waals surface area contributed by atoms with E-state index >= 15 is 0 Å². The Morgan fingerprint density at radius 3 is 2.76 bits per heavy atom. The molecule has 0 aliphatic carbocycles. The first-order chi connectivity index (χ1) is 10.1. The van der Waals surface area contributed by atoms with Gasteiger partial charge in [-0.15, -0.1) is 0 Å². The number of fused-ring (bicyclic) bond motifs is 1. The molecule has 3 nitrogen and oxygen atoms in total. The van der Waals surface area contributed by atoms with Crippen LogP contribution in [0.2, 0.25) is 0 Å². The van der Waals surface area contributed by atoms with E-state index in [4.69, 9.17) is 15.2 Å². The average molecular weight is 287 g/mol. The Morgan fingerprint density at radius 1 is 1.24 bits per heavy atom. The molecule has 4 heteroatoms. The van der Waals surface area contributed by atoms with Gasteiger partial charge in [0.15, 0.2) is 11.6 Å². The summed E-state index contributed by atoms with van der Waals surface area (Å²) in [6, 6.07) is 10.7. The fraction of sp³-hybridized carbons (Fsp3) is 0.294. The minimum atomic E-state index is -0.387. The molecule has 1 unspecified atom stereocenters. The third kappa shape index (κ3) is 2.59. The van der Waals surface area contributed by atoms with Gasteiger partial charge in [0.25, 0.3) is 0 Å². The molecule has 2 N–H and O–H groups in total. The Kier molecular flexibility index (Phi) is 3.55. The van der Waals surface area contributed by atoms with Crippen LogP contribution in [0.25, 0.3) is 0 Å². The van der Waals surface area contributed by atoms with Gasteiger partial charge < -0.3 is 15.2 Å². The van der Waals surface area contributed by atoms with E-state index in [1.54, 1.807) is 6.07 Å². The minimum absolute atomic E-state index is 0.108. The van der Waals surface area contributed by atoms with Gasteiger partial charge >= 0.3 is 0 Å². The van der Waals surface area contributed by atoms with Crippen molar-refractivity contribution in [2.24, 2.45) is 5.73 Å². The summed E-state index contributed by atoms with van der Waals surface area (Å²) >= 11 is 0. The molecule has 0 amide bonds. The van der Waals surface area contributed by atoms with E-state index in [0.29, 0.717) is 6.42 Å². The molecule has 0 spiro atoms. The Balaban J connectivity index is 1.92. The second-order valence-electron chi connectivity index (χ2n) is 5.38. The lowest BCUT2D eigenvalue weighted by atomic mass is 9.92. The first-order valence-electron chi connectivity index (χ1n) is 6.94. The summed E-state index contributed by atoms with van der Waals surface area (Å²) in [7, 11) is 1.45. The summed E-state index contributed by atoms with van der Waals surface area (Å²) in [5.41, 5.74) is 9.18. The Labute approximate surface area is 123 Å². The van der Waals surface area contributed by atoms with Crippen LogP contribution in [0.15, 0.2) is 36.4 Å². The third-order valence-electron chi connectivity index (χ3n) is 3.85. The van der Waals surface area contributed by atoms with Gasteiger partial charge in [0.1, 0.15) is 11.9 Å². The van der Waals surface area contributed by atoms with E-state index in [-0.39, 0.29) is 23.7 Å². The lowest BCUT2D eigenvalue weighted by Gasteiger charge is -2.31. The summed E-state index contributed by atoms with van der Waals surface area (Å²) in [4.78, 5) is 0. The van der Waals surface area contributed by atoms with Crippen molar-refractivity contribution in [3.05, 3.63) is 58.9 Å². The number of hydrogen-bond donors (Lipinski definition) is 1. The van der Waals surface area contributed by atoms with E-state index in [9.17, 15) is 4.39 Å². The maximum absolute atomic E-state index is 13.8. The molecule has 0 bridgehead atoms. The Morgan fingerprint density at radius 2 is 2.05 bits per heavy atom. The van der Waals surface area contributed by atoms with Crippen molar-refractivity contribution in [2.75, 3.05) is 7.11 Å². The highest BCUT2D eigenvalue weighted by Crippen LogP contribution is 2.40. The minimum Gasteiger partial charge on any atom is -0.494 e.